The van der Waals surface area contributed by atoms with Crippen molar-refractivity contribution in [3.8, 4) is 33.6 Å². The fourth-order valence-electron chi connectivity index (χ4n) is 5.49. The van der Waals surface area contributed by atoms with Gasteiger partial charge in [0, 0.05) is 10.8 Å². The van der Waals surface area contributed by atoms with E-state index in [1.165, 1.54) is 0 Å². The van der Waals surface area contributed by atoms with Crippen molar-refractivity contribution in [3.05, 3.63) is 72.6 Å². The number of amides is 2. The largest absolute Gasteiger partial charge is 0.345 e. The van der Waals surface area contributed by atoms with Gasteiger partial charge in [0.25, 0.3) is 0 Å². The molecule has 0 fully saturated rings. The van der Waals surface area contributed by atoms with Crippen LogP contribution in [0, 0.1) is 33.5 Å². The van der Waals surface area contributed by atoms with Crippen molar-refractivity contribution in [1.29, 1.82) is 0 Å². The van der Waals surface area contributed by atoms with Crippen LogP contribution >= 0.6 is 0 Å². The maximum atomic E-state index is 13.3. The van der Waals surface area contributed by atoms with E-state index in [0.717, 1.165) is 45.3 Å². The van der Waals surface area contributed by atoms with Gasteiger partial charge in [-0.3, -0.25) is 9.59 Å². The van der Waals surface area contributed by atoms with Crippen molar-refractivity contribution in [2.24, 2.45) is 33.5 Å². The molecule has 4 aromatic rings. The Kier molecular flexibility index (Phi) is 11.0. The van der Waals surface area contributed by atoms with Gasteiger partial charge in [-0.2, -0.15) is 0 Å². The van der Waals surface area contributed by atoms with E-state index in [1.807, 2.05) is 40.1 Å². The Labute approximate surface area is 300 Å². The van der Waals surface area contributed by atoms with Crippen LogP contribution in [0.25, 0.3) is 33.6 Å². The van der Waals surface area contributed by atoms with Crippen molar-refractivity contribution in [2.75, 3.05) is 0 Å². The summed E-state index contributed by atoms with van der Waals surface area (Å²) in [5, 5.41) is 6.56. The highest BCUT2D eigenvalue weighted by molar-refractivity contribution is 5.83. The van der Waals surface area contributed by atoms with Gasteiger partial charge in [-0.15, -0.1) is 0 Å². The maximum absolute atomic E-state index is 13.3. The molecule has 0 spiro atoms. The lowest BCUT2D eigenvalue weighted by molar-refractivity contribution is -0.134. The van der Waals surface area contributed by atoms with Crippen molar-refractivity contribution in [1.82, 2.24) is 30.6 Å². The minimum absolute atomic E-state index is 0.0255. The molecule has 0 aliphatic heterocycles. The second kappa shape index (κ2) is 14.2. The smallest absolute Gasteiger partial charge is 0.226 e. The maximum Gasteiger partial charge on any atom is 0.226 e. The number of hydrogen-bond acceptors (Lipinski definition) is 4. The fraction of sp³-hybridized carbons (Fsp3) is 0.524. The second-order valence-corrected chi connectivity index (χ2v) is 17.8. The number of nitrogens with zero attached hydrogens (tertiary/aromatic N) is 2. The number of carbonyl (C=O) groups is 2. The molecule has 0 bridgehead atoms. The molecule has 270 valence electrons. The number of imidazole rings is 2. The Balaban J connectivity index is 1.50. The van der Waals surface area contributed by atoms with E-state index < -0.39 is 10.8 Å². The molecule has 0 aliphatic carbocycles. The van der Waals surface area contributed by atoms with Gasteiger partial charge in [-0.25, -0.2) is 9.97 Å². The lowest BCUT2D eigenvalue weighted by atomic mass is 9.79. The molecule has 2 aromatic heterocycles. The summed E-state index contributed by atoms with van der Waals surface area (Å²) < 4.78 is 0. The molecule has 8 heteroatoms. The topological polar surface area (TPSA) is 116 Å². The molecular weight excluding hydrogens is 621 g/mol. The van der Waals surface area contributed by atoms with Crippen molar-refractivity contribution >= 4 is 11.8 Å². The first-order valence-corrected chi connectivity index (χ1v) is 18.0. The number of nitrogens with one attached hydrogen (secondary N) is 4. The van der Waals surface area contributed by atoms with Crippen molar-refractivity contribution < 1.29 is 9.59 Å². The van der Waals surface area contributed by atoms with Gasteiger partial charge in [0.05, 0.1) is 35.9 Å². The minimum atomic E-state index is -0.493. The van der Waals surface area contributed by atoms with Crippen LogP contribution in [-0.2, 0) is 9.59 Å². The number of rotatable bonds is 11. The molecule has 4 N–H and O–H groups in total. The predicted molar refractivity (Wildman–Crippen MR) is 205 cm³/mol. The molecule has 0 unspecified atom stereocenters. The summed E-state index contributed by atoms with van der Waals surface area (Å²) in [6.45, 7) is 29.0. The van der Waals surface area contributed by atoms with Crippen LogP contribution in [0.4, 0.5) is 0 Å². The van der Waals surface area contributed by atoms with Gasteiger partial charge in [0.1, 0.15) is 11.6 Å². The first kappa shape index (κ1) is 38.6. The zero-order valence-corrected chi connectivity index (χ0v) is 32.8. The third-order valence-corrected chi connectivity index (χ3v) is 10.8. The van der Waals surface area contributed by atoms with Crippen LogP contribution in [0.15, 0.2) is 60.9 Å². The van der Waals surface area contributed by atoms with Crippen LogP contribution in [0.5, 0.6) is 0 Å². The van der Waals surface area contributed by atoms with Gasteiger partial charge in [-0.05, 0) is 44.9 Å². The average molecular weight is 681 g/mol. The minimum Gasteiger partial charge on any atom is -0.345 e. The molecule has 0 saturated carbocycles. The molecule has 4 rings (SSSR count). The summed E-state index contributed by atoms with van der Waals surface area (Å²) in [6.07, 6.45) is 3.69. The molecule has 50 heavy (non-hydrogen) atoms. The molecule has 2 heterocycles. The number of aromatic amines is 2. The van der Waals surface area contributed by atoms with E-state index in [2.05, 4.69) is 138 Å². The highest BCUT2D eigenvalue weighted by atomic mass is 16.2. The quantitative estimate of drug-likeness (QED) is 0.126. The predicted octanol–water partition coefficient (Wildman–Crippen LogP) is 9.90. The molecule has 0 aliphatic rings. The molecule has 2 amide bonds. The normalized spacial score (nSPS) is 14.2. The Morgan fingerprint density at radius 1 is 0.520 bits per heavy atom. The lowest BCUT2D eigenvalue weighted by Crippen LogP contribution is -2.45. The van der Waals surface area contributed by atoms with Crippen molar-refractivity contribution in [3.63, 3.8) is 0 Å². The van der Waals surface area contributed by atoms with E-state index in [-0.39, 0.29) is 46.6 Å². The van der Waals surface area contributed by atoms with Crippen LogP contribution < -0.4 is 10.6 Å². The van der Waals surface area contributed by atoms with E-state index in [1.54, 1.807) is 0 Å². The Bertz CT molecular complexity index is 1630. The van der Waals surface area contributed by atoms with Crippen LogP contribution in [0.3, 0.4) is 0 Å². The third kappa shape index (κ3) is 8.39. The highest BCUT2D eigenvalue weighted by Gasteiger charge is 2.38. The summed E-state index contributed by atoms with van der Waals surface area (Å²) in [5.41, 5.74) is 4.60. The number of aromatic nitrogens is 4. The Morgan fingerprint density at radius 3 is 1.06 bits per heavy atom. The lowest BCUT2D eigenvalue weighted by Gasteiger charge is -2.35. The van der Waals surface area contributed by atoms with Gasteiger partial charge < -0.3 is 20.6 Å². The van der Waals surface area contributed by atoms with E-state index in [9.17, 15) is 9.59 Å². The summed E-state index contributed by atoms with van der Waals surface area (Å²) in [6, 6.07) is 16.3. The highest BCUT2D eigenvalue weighted by Crippen LogP contribution is 2.37. The molecule has 2 aromatic carbocycles. The number of H-pyrrole nitrogens is 2. The van der Waals surface area contributed by atoms with Gasteiger partial charge in [0.15, 0.2) is 0 Å². The molecule has 0 radical (unpaired) electrons. The number of benzene rings is 2. The van der Waals surface area contributed by atoms with Crippen LogP contribution in [-0.4, -0.2) is 31.8 Å². The summed E-state index contributed by atoms with van der Waals surface area (Å²) in [4.78, 5) is 42.9. The van der Waals surface area contributed by atoms with Gasteiger partial charge in [-0.1, -0.05) is 145 Å². The standard InChI is InChI=1S/C42H60N6O2/c1-25(2)41(11,12)37(49)47-33(39(5,6)7)35-43-23-31(45-35)29-19-15-27(16-20-29)28-17-21-30(22-18-28)32-24-44-36(46-32)34(40(8,9)10)48-38(50)42(13,14)26(3)4/h15-26,33-34H,1-14H3,(H,43,45)(H,44,46)(H,47,49)(H,48,50)/t33-,34-/m1/s1. The summed E-state index contributed by atoms with van der Waals surface area (Å²) in [5.74, 6) is 1.96. The molecule has 0 saturated heterocycles. The van der Waals surface area contributed by atoms with Crippen LogP contribution in [0.2, 0.25) is 0 Å². The van der Waals surface area contributed by atoms with Crippen molar-refractivity contribution in [2.45, 2.75) is 109 Å². The SMILES string of the molecule is CC(C)C(C)(C)C(=O)N[C@H](c1ncc(-c2ccc(-c3ccc(-c4cnc([C@@H](NC(=O)C(C)(C)C(C)C)C(C)(C)C)[nH]4)cc3)cc2)[nH]1)C(C)(C)C. The molecular formula is C42H60N6O2. The van der Waals surface area contributed by atoms with Gasteiger partial charge in [0.2, 0.25) is 11.8 Å². The Hall–Kier alpha value is -4.20. The third-order valence-electron chi connectivity index (χ3n) is 10.8. The first-order valence-electron chi connectivity index (χ1n) is 18.0. The zero-order chi connectivity index (χ0) is 37.4. The fourth-order valence-corrected chi connectivity index (χ4v) is 5.49. The number of carbonyl (C=O) groups excluding carboxylic acids is 2. The van der Waals surface area contributed by atoms with Gasteiger partial charge >= 0.3 is 0 Å². The average Bonchev–Trinajstić information content (AvgIpc) is 3.72. The van der Waals surface area contributed by atoms with E-state index in [4.69, 9.17) is 9.97 Å². The summed E-state index contributed by atoms with van der Waals surface area (Å²) >= 11 is 0. The molecule has 8 nitrogen and oxygen atoms in total. The Morgan fingerprint density at radius 2 is 0.800 bits per heavy atom. The first-order chi connectivity index (χ1) is 23.0. The number of hydrogen-bond donors (Lipinski definition) is 4. The monoisotopic (exact) mass is 680 g/mol. The molecule has 2 atom stereocenters. The second-order valence-electron chi connectivity index (χ2n) is 17.8. The van der Waals surface area contributed by atoms with Crippen LogP contribution in [0.1, 0.15) is 121 Å². The van der Waals surface area contributed by atoms with E-state index >= 15 is 0 Å². The van der Waals surface area contributed by atoms with E-state index in [0.29, 0.717) is 0 Å². The zero-order valence-electron chi connectivity index (χ0n) is 32.8. The summed E-state index contributed by atoms with van der Waals surface area (Å²) in [7, 11) is 0.